The minimum Gasteiger partial charge on any atom is -0.497 e. The average Bonchev–Trinajstić information content (AvgIpc) is 3.41. The summed E-state index contributed by atoms with van der Waals surface area (Å²) in [4.78, 5) is 24.8. The standard InChI is InChI=1S/C24H20N4O2S2/c1-14-3-9-19-21(11-14)32-23(26-19)15-4-6-16(7-5-15)25-22(29)13-31-24-27-18-10-8-17(30-2)12-20(18)28-24/h3-12H,13H2,1-2H3,(H,25,29)(H,27,28). The van der Waals surface area contributed by atoms with Gasteiger partial charge in [-0.05, 0) is 61.0 Å². The number of imidazole rings is 1. The smallest absolute Gasteiger partial charge is 0.234 e. The summed E-state index contributed by atoms with van der Waals surface area (Å²) in [5.74, 6) is 0.937. The Balaban J connectivity index is 1.21. The first-order valence-electron chi connectivity index (χ1n) is 10.0. The summed E-state index contributed by atoms with van der Waals surface area (Å²) < 4.78 is 6.41. The number of hydrogen-bond donors (Lipinski definition) is 2. The highest BCUT2D eigenvalue weighted by Gasteiger charge is 2.10. The maximum absolute atomic E-state index is 12.4. The Kier molecular flexibility index (Phi) is 5.55. The van der Waals surface area contributed by atoms with E-state index in [1.54, 1.807) is 18.4 Å². The van der Waals surface area contributed by atoms with E-state index in [2.05, 4.69) is 40.4 Å². The van der Waals surface area contributed by atoms with Crippen LogP contribution in [0.15, 0.2) is 65.8 Å². The van der Waals surface area contributed by atoms with Gasteiger partial charge in [-0.25, -0.2) is 9.97 Å². The number of H-pyrrole nitrogens is 1. The highest BCUT2D eigenvalue weighted by molar-refractivity contribution is 7.99. The van der Waals surface area contributed by atoms with Gasteiger partial charge in [0.2, 0.25) is 5.91 Å². The second-order valence-electron chi connectivity index (χ2n) is 7.33. The van der Waals surface area contributed by atoms with Crippen LogP contribution in [0.5, 0.6) is 5.75 Å². The fourth-order valence-electron chi connectivity index (χ4n) is 3.34. The van der Waals surface area contributed by atoms with Crippen LogP contribution in [0.4, 0.5) is 5.69 Å². The molecule has 0 radical (unpaired) electrons. The maximum atomic E-state index is 12.4. The summed E-state index contributed by atoms with van der Waals surface area (Å²) in [7, 11) is 1.63. The molecule has 2 aromatic heterocycles. The monoisotopic (exact) mass is 460 g/mol. The molecule has 3 aromatic carbocycles. The molecule has 0 spiro atoms. The molecule has 0 atom stereocenters. The van der Waals surface area contributed by atoms with Gasteiger partial charge in [0.15, 0.2) is 5.16 Å². The highest BCUT2D eigenvalue weighted by atomic mass is 32.2. The van der Waals surface area contributed by atoms with E-state index < -0.39 is 0 Å². The zero-order chi connectivity index (χ0) is 22.1. The van der Waals surface area contributed by atoms with E-state index in [1.807, 2.05) is 42.5 Å². The third-order valence-corrected chi connectivity index (χ3v) is 6.91. The summed E-state index contributed by atoms with van der Waals surface area (Å²) >= 11 is 3.04. The van der Waals surface area contributed by atoms with Crippen LogP contribution >= 0.6 is 23.1 Å². The first kappa shape index (κ1) is 20.5. The maximum Gasteiger partial charge on any atom is 0.234 e. The molecule has 0 aliphatic heterocycles. The van der Waals surface area contributed by atoms with Crippen molar-refractivity contribution >= 4 is 55.9 Å². The van der Waals surface area contributed by atoms with Gasteiger partial charge in [0.25, 0.3) is 0 Å². The number of carbonyl (C=O) groups excluding carboxylic acids is 1. The van der Waals surface area contributed by atoms with Gasteiger partial charge in [-0.1, -0.05) is 17.8 Å². The molecule has 2 heterocycles. The number of rotatable bonds is 6. The number of anilines is 1. The fourth-order valence-corrected chi connectivity index (χ4v) is 5.10. The molecule has 5 aromatic rings. The van der Waals surface area contributed by atoms with Crippen molar-refractivity contribution in [2.75, 3.05) is 18.2 Å². The first-order chi connectivity index (χ1) is 15.6. The van der Waals surface area contributed by atoms with Crippen LogP contribution in [0.3, 0.4) is 0 Å². The van der Waals surface area contributed by atoms with Crippen molar-refractivity contribution in [3.8, 4) is 16.3 Å². The Labute approximate surface area is 193 Å². The quantitative estimate of drug-likeness (QED) is 0.309. The number of amides is 1. The minimum absolute atomic E-state index is 0.0868. The molecule has 6 nitrogen and oxygen atoms in total. The molecule has 1 amide bonds. The summed E-state index contributed by atoms with van der Waals surface area (Å²) in [6.07, 6.45) is 0. The molecule has 8 heteroatoms. The van der Waals surface area contributed by atoms with Crippen molar-refractivity contribution in [2.24, 2.45) is 0 Å². The van der Waals surface area contributed by atoms with Gasteiger partial charge in [-0.15, -0.1) is 11.3 Å². The van der Waals surface area contributed by atoms with E-state index >= 15 is 0 Å². The molecular weight excluding hydrogens is 440 g/mol. The number of ether oxygens (including phenoxy) is 1. The number of aryl methyl sites for hydroxylation is 1. The number of methoxy groups -OCH3 is 1. The predicted molar refractivity (Wildman–Crippen MR) is 132 cm³/mol. The summed E-state index contributed by atoms with van der Waals surface area (Å²) in [6.45, 7) is 2.08. The fraction of sp³-hybridized carbons (Fsp3) is 0.125. The number of aromatic amines is 1. The van der Waals surface area contributed by atoms with Crippen molar-refractivity contribution in [1.82, 2.24) is 15.0 Å². The second-order valence-corrected chi connectivity index (χ2v) is 9.32. The molecule has 0 bridgehead atoms. The van der Waals surface area contributed by atoms with E-state index in [-0.39, 0.29) is 11.7 Å². The third-order valence-electron chi connectivity index (χ3n) is 4.97. The van der Waals surface area contributed by atoms with Crippen LogP contribution < -0.4 is 10.1 Å². The number of fused-ring (bicyclic) bond motifs is 2. The van der Waals surface area contributed by atoms with E-state index in [0.717, 1.165) is 38.6 Å². The normalized spacial score (nSPS) is 11.2. The zero-order valence-corrected chi connectivity index (χ0v) is 19.1. The topological polar surface area (TPSA) is 79.9 Å². The molecule has 5 rings (SSSR count). The lowest BCUT2D eigenvalue weighted by Gasteiger charge is -2.05. The van der Waals surface area contributed by atoms with Gasteiger partial charge in [0, 0.05) is 17.3 Å². The molecule has 2 N–H and O–H groups in total. The Morgan fingerprint density at radius 2 is 1.88 bits per heavy atom. The predicted octanol–water partition coefficient (Wildman–Crippen LogP) is 5.89. The van der Waals surface area contributed by atoms with Gasteiger partial charge >= 0.3 is 0 Å². The molecule has 0 unspecified atom stereocenters. The molecule has 160 valence electrons. The van der Waals surface area contributed by atoms with Crippen LogP contribution in [0, 0.1) is 6.92 Å². The molecular formula is C24H20N4O2S2. The molecule has 0 fully saturated rings. The van der Waals surface area contributed by atoms with E-state index in [4.69, 9.17) is 9.72 Å². The molecule has 0 aliphatic carbocycles. The van der Waals surface area contributed by atoms with Crippen LogP contribution in [-0.4, -0.2) is 33.7 Å². The SMILES string of the molecule is COc1ccc2nc(SCC(=O)Nc3ccc(-c4nc5ccc(C)cc5s4)cc3)[nH]c2c1. The van der Waals surface area contributed by atoms with Crippen LogP contribution in [0.1, 0.15) is 5.56 Å². The third kappa shape index (κ3) is 4.32. The second kappa shape index (κ2) is 8.64. The molecule has 0 saturated carbocycles. The van der Waals surface area contributed by atoms with Crippen LogP contribution in [-0.2, 0) is 4.79 Å². The number of nitrogens with one attached hydrogen (secondary N) is 2. The van der Waals surface area contributed by atoms with Gasteiger partial charge in [0.1, 0.15) is 10.8 Å². The van der Waals surface area contributed by atoms with Crippen LogP contribution in [0.2, 0.25) is 0 Å². The highest BCUT2D eigenvalue weighted by Crippen LogP contribution is 2.31. The number of aromatic nitrogens is 3. The Morgan fingerprint density at radius 1 is 1.06 bits per heavy atom. The molecule has 0 saturated heterocycles. The minimum atomic E-state index is -0.0868. The van der Waals surface area contributed by atoms with E-state index in [9.17, 15) is 4.79 Å². The number of benzene rings is 3. The number of nitrogens with zero attached hydrogens (tertiary/aromatic N) is 2. The number of hydrogen-bond acceptors (Lipinski definition) is 6. The Morgan fingerprint density at radius 3 is 2.69 bits per heavy atom. The van der Waals surface area contributed by atoms with Crippen molar-refractivity contribution in [2.45, 2.75) is 12.1 Å². The Bertz CT molecular complexity index is 1420. The van der Waals surface area contributed by atoms with Crippen LogP contribution in [0.25, 0.3) is 31.8 Å². The van der Waals surface area contributed by atoms with E-state index in [1.165, 1.54) is 22.0 Å². The Hall–Kier alpha value is -3.36. The van der Waals surface area contributed by atoms with Crippen molar-refractivity contribution in [3.63, 3.8) is 0 Å². The van der Waals surface area contributed by atoms with Gasteiger partial charge in [0.05, 0.1) is 34.1 Å². The molecule has 32 heavy (non-hydrogen) atoms. The van der Waals surface area contributed by atoms with Gasteiger partial charge in [-0.3, -0.25) is 4.79 Å². The summed E-state index contributed by atoms with van der Waals surface area (Å²) in [5.41, 5.74) is 5.75. The van der Waals surface area contributed by atoms with Crippen molar-refractivity contribution < 1.29 is 9.53 Å². The lowest BCUT2D eigenvalue weighted by Crippen LogP contribution is -2.14. The number of thiazole rings is 1. The summed E-state index contributed by atoms with van der Waals surface area (Å²) in [5, 5.41) is 4.61. The zero-order valence-electron chi connectivity index (χ0n) is 17.5. The first-order valence-corrected chi connectivity index (χ1v) is 11.8. The number of thioether (sulfide) groups is 1. The average molecular weight is 461 g/mol. The lowest BCUT2D eigenvalue weighted by atomic mass is 10.2. The summed E-state index contributed by atoms with van der Waals surface area (Å²) in [6, 6.07) is 19.7. The number of carbonyl (C=O) groups is 1. The van der Waals surface area contributed by atoms with Gasteiger partial charge < -0.3 is 15.0 Å². The van der Waals surface area contributed by atoms with Crippen molar-refractivity contribution in [1.29, 1.82) is 0 Å². The largest absolute Gasteiger partial charge is 0.497 e. The molecule has 0 aliphatic rings. The lowest BCUT2D eigenvalue weighted by molar-refractivity contribution is -0.113. The van der Waals surface area contributed by atoms with E-state index in [0.29, 0.717) is 5.16 Å². The van der Waals surface area contributed by atoms with Crippen molar-refractivity contribution in [3.05, 3.63) is 66.2 Å². The van der Waals surface area contributed by atoms with Gasteiger partial charge in [-0.2, -0.15) is 0 Å².